The summed E-state index contributed by atoms with van der Waals surface area (Å²) < 4.78 is 5.27. The van der Waals surface area contributed by atoms with Crippen LogP contribution in [-0.2, 0) is 4.74 Å². The minimum Gasteiger partial charge on any atom is -0.456 e. The number of hydrogen-bond acceptors (Lipinski definition) is 3. The summed E-state index contributed by atoms with van der Waals surface area (Å²) in [6, 6.07) is 3.27. The summed E-state index contributed by atoms with van der Waals surface area (Å²) in [7, 11) is 0. The number of nitrogens with one attached hydrogen (secondary N) is 1. The van der Waals surface area contributed by atoms with E-state index in [9.17, 15) is 4.79 Å². The van der Waals surface area contributed by atoms with Gasteiger partial charge < -0.3 is 4.74 Å². The average molecular weight is 253 g/mol. The van der Waals surface area contributed by atoms with Gasteiger partial charge in [-0.3, -0.25) is 5.10 Å². The summed E-state index contributed by atoms with van der Waals surface area (Å²) >= 11 is 6.05. The van der Waals surface area contributed by atoms with Crippen molar-refractivity contribution in [1.82, 2.24) is 10.2 Å². The third kappa shape index (κ3) is 2.58. The van der Waals surface area contributed by atoms with Crippen molar-refractivity contribution in [3.8, 4) is 0 Å². The van der Waals surface area contributed by atoms with E-state index in [4.69, 9.17) is 16.3 Å². The van der Waals surface area contributed by atoms with E-state index >= 15 is 0 Å². The lowest BCUT2D eigenvalue weighted by atomic mass is 10.1. The van der Waals surface area contributed by atoms with Crippen LogP contribution in [0.5, 0.6) is 0 Å². The van der Waals surface area contributed by atoms with E-state index in [0.29, 0.717) is 10.6 Å². The Morgan fingerprint density at radius 3 is 2.76 bits per heavy atom. The molecule has 2 aromatic rings. The molecule has 1 N–H and O–H groups in total. The molecule has 1 aromatic heterocycles. The van der Waals surface area contributed by atoms with Gasteiger partial charge in [0.05, 0.1) is 22.3 Å². The second kappa shape index (κ2) is 4.04. The Morgan fingerprint density at radius 1 is 1.41 bits per heavy atom. The lowest BCUT2D eigenvalue weighted by Gasteiger charge is -2.19. The molecule has 0 spiro atoms. The third-order valence-corrected chi connectivity index (χ3v) is 2.46. The fourth-order valence-electron chi connectivity index (χ4n) is 1.46. The van der Waals surface area contributed by atoms with Crippen LogP contribution in [-0.4, -0.2) is 21.8 Å². The number of H-pyrrole nitrogens is 1. The number of carbonyl (C=O) groups excluding carboxylic acids is 1. The van der Waals surface area contributed by atoms with Gasteiger partial charge in [0, 0.05) is 5.39 Å². The third-order valence-electron chi connectivity index (χ3n) is 2.14. The molecule has 0 aliphatic rings. The number of aromatic nitrogens is 2. The molecule has 90 valence electrons. The van der Waals surface area contributed by atoms with Gasteiger partial charge in [-0.05, 0) is 32.9 Å². The van der Waals surface area contributed by atoms with Crippen LogP contribution < -0.4 is 0 Å². The molecule has 0 atom stereocenters. The monoisotopic (exact) mass is 252 g/mol. The molecule has 0 fully saturated rings. The number of carbonyl (C=O) groups is 1. The number of esters is 1. The second-order valence-electron chi connectivity index (χ2n) is 4.79. The summed E-state index contributed by atoms with van der Waals surface area (Å²) in [6.45, 7) is 5.46. The van der Waals surface area contributed by atoms with Crippen molar-refractivity contribution >= 4 is 28.5 Å². The van der Waals surface area contributed by atoms with Crippen molar-refractivity contribution in [2.75, 3.05) is 0 Å². The van der Waals surface area contributed by atoms with Crippen LogP contribution in [0.3, 0.4) is 0 Å². The Balaban J connectivity index is 2.39. The van der Waals surface area contributed by atoms with E-state index in [1.165, 1.54) is 0 Å². The minimum absolute atomic E-state index is 0.393. The maximum atomic E-state index is 11.9. The van der Waals surface area contributed by atoms with Gasteiger partial charge in [0.1, 0.15) is 5.60 Å². The molecule has 17 heavy (non-hydrogen) atoms. The van der Waals surface area contributed by atoms with Gasteiger partial charge in [0.15, 0.2) is 0 Å². The van der Waals surface area contributed by atoms with Gasteiger partial charge >= 0.3 is 5.97 Å². The van der Waals surface area contributed by atoms with Crippen LogP contribution in [0.1, 0.15) is 31.1 Å². The maximum absolute atomic E-state index is 11.9. The van der Waals surface area contributed by atoms with Gasteiger partial charge in [-0.25, -0.2) is 4.79 Å². The maximum Gasteiger partial charge on any atom is 0.338 e. The van der Waals surface area contributed by atoms with E-state index in [1.54, 1.807) is 18.3 Å². The van der Waals surface area contributed by atoms with Gasteiger partial charge in [-0.15, -0.1) is 0 Å². The van der Waals surface area contributed by atoms with E-state index in [2.05, 4.69) is 10.2 Å². The van der Waals surface area contributed by atoms with Crippen LogP contribution >= 0.6 is 11.6 Å². The normalized spacial score (nSPS) is 11.8. The molecule has 0 amide bonds. The SMILES string of the molecule is CC(C)(C)OC(=O)c1cc(Cl)c2cn[nH]c2c1. The quantitative estimate of drug-likeness (QED) is 0.793. The number of fused-ring (bicyclic) bond motifs is 1. The molecule has 0 aliphatic heterocycles. The Hall–Kier alpha value is -1.55. The van der Waals surface area contributed by atoms with Crippen molar-refractivity contribution in [2.24, 2.45) is 0 Å². The lowest BCUT2D eigenvalue weighted by Crippen LogP contribution is -2.23. The van der Waals surface area contributed by atoms with Crippen LogP contribution in [0.15, 0.2) is 18.3 Å². The molecule has 0 unspecified atom stereocenters. The molecular formula is C12H13ClN2O2. The van der Waals surface area contributed by atoms with Crippen molar-refractivity contribution in [1.29, 1.82) is 0 Å². The van der Waals surface area contributed by atoms with Gasteiger partial charge in [-0.1, -0.05) is 11.6 Å². The summed E-state index contributed by atoms with van der Waals surface area (Å²) in [5.74, 6) is -0.393. The fraction of sp³-hybridized carbons (Fsp3) is 0.333. The molecule has 1 aromatic carbocycles. The highest BCUT2D eigenvalue weighted by Crippen LogP contribution is 2.24. The first-order valence-electron chi connectivity index (χ1n) is 5.23. The van der Waals surface area contributed by atoms with E-state index in [-0.39, 0.29) is 0 Å². The van der Waals surface area contributed by atoms with Crippen molar-refractivity contribution in [2.45, 2.75) is 26.4 Å². The van der Waals surface area contributed by atoms with Gasteiger partial charge in [0.25, 0.3) is 0 Å². The predicted molar refractivity (Wildman–Crippen MR) is 66.3 cm³/mol. The van der Waals surface area contributed by atoms with Gasteiger partial charge in [-0.2, -0.15) is 5.10 Å². The van der Waals surface area contributed by atoms with Gasteiger partial charge in [0.2, 0.25) is 0 Å². The number of aromatic amines is 1. The number of rotatable bonds is 1. The largest absolute Gasteiger partial charge is 0.456 e. The van der Waals surface area contributed by atoms with Crippen LogP contribution in [0.4, 0.5) is 0 Å². The number of benzene rings is 1. The first kappa shape index (κ1) is 11.9. The van der Waals surface area contributed by atoms with E-state index in [1.807, 2.05) is 20.8 Å². The Bertz CT molecular complexity index is 569. The van der Waals surface area contributed by atoms with Crippen molar-refractivity contribution in [3.05, 3.63) is 28.9 Å². The summed E-state index contributed by atoms with van der Waals surface area (Å²) in [4.78, 5) is 11.9. The zero-order valence-electron chi connectivity index (χ0n) is 9.87. The summed E-state index contributed by atoms with van der Waals surface area (Å²) in [5, 5.41) is 7.93. The van der Waals surface area contributed by atoms with E-state index in [0.717, 1.165) is 10.9 Å². The molecule has 0 radical (unpaired) electrons. The predicted octanol–water partition coefficient (Wildman–Crippen LogP) is 3.17. The standard InChI is InChI=1S/C12H13ClN2O2/c1-12(2,3)17-11(16)7-4-9(13)8-6-14-15-10(8)5-7/h4-6H,1-3H3,(H,14,15). The zero-order chi connectivity index (χ0) is 12.6. The summed E-state index contributed by atoms with van der Waals surface area (Å²) in [5.41, 5.74) is 0.618. The number of halogens is 1. The summed E-state index contributed by atoms with van der Waals surface area (Å²) in [6.07, 6.45) is 1.62. The topological polar surface area (TPSA) is 55.0 Å². The Labute approximate surface area is 104 Å². The molecule has 5 heteroatoms. The van der Waals surface area contributed by atoms with Crippen LogP contribution in [0.2, 0.25) is 5.02 Å². The minimum atomic E-state index is -0.521. The smallest absolute Gasteiger partial charge is 0.338 e. The fourth-order valence-corrected chi connectivity index (χ4v) is 1.73. The second-order valence-corrected chi connectivity index (χ2v) is 5.20. The highest BCUT2D eigenvalue weighted by Gasteiger charge is 2.19. The molecular weight excluding hydrogens is 240 g/mol. The molecule has 0 aliphatic carbocycles. The first-order valence-corrected chi connectivity index (χ1v) is 5.60. The first-order chi connectivity index (χ1) is 7.87. The molecule has 1 heterocycles. The number of ether oxygens (including phenoxy) is 1. The molecule has 2 rings (SSSR count). The highest BCUT2D eigenvalue weighted by atomic mass is 35.5. The lowest BCUT2D eigenvalue weighted by molar-refractivity contribution is 0.00697. The average Bonchev–Trinajstić information content (AvgIpc) is 2.63. The molecule has 0 bridgehead atoms. The Morgan fingerprint density at radius 2 is 2.12 bits per heavy atom. The number of nitrogens with zero attached hydrogens (tertiary/aromatic N) is 1. The number of hydrogen-bond donors (Lipinski definition) is 1. The van der Waals surface area contributed by atoms with Crippen molar-refractivity contribution in [3.63, 3.8) is 0 Å². The molecule has 4 nitrogen and oxygen atoms in total. The van der Waals surface area contributed by atoms with Crippen molar-refractivity contribution < 1.29 is 9.53 Å². The van der Waals surface area contributed by atoms with Crippen LogP contribution in [0, 0.1) is 0 Å². The molecule has 0 saturated heterocycles. The zero-order valence-corrected chi connectivity index (χ0v) is 10.6. The highest BCUT2D eigenvalue weighted by molar-refractivity contribution is 6.35. The molecule has 0 saturated carbocycles. The Kier molecular flexibility index (Phi) is 2.83. The van der Waals surface area contributed by atoms with Crippen LogP contribution in [0.25, 0.3) is 10.9 Å². The van der Waals surface area contributed by atoms with E-state index < -0.39 is 11.6 Å².